The predicted octanol–water partition coefficient (Wildman–Crippen LogP) is 5.69. The SMILES string of the molecule is CC(=C/c1ccccc1)/C=C1\SC(=S)N(c2ccc(Cl)cc2)C1=O. The van der Waals surface area contributed by atoms with Gasteiger partial charge in [0.1, 0.15) is 0 Å². The van der Waals surface area contributed by atoms with Crippen molar-refractivity contribution in [2.75, 3.05) is 4.90 Å². The fourth-order valence-electron chi connectivity index (χ4n) is 2.34. The Hall–Kier alpha value is -1.88. The molecule has 2 nitrogen and oxygen atoms in total. The van der Waals surface area contributed by atoms with E-state index < -0.39 is 0 Å². The van der Waals surface area contributed by atoms with Crippen LogP contribution in [0.5, 0.6) is 0 Å². The molecule has 0 aromatic heterocycles. The number of hydrogen-bond donors (Lipinski definition) is 0. The number of halogens is 1. The molecule has 0 unspecified atom stereocenters. The highest BCUT2D eigenvalue weighted by molar-refractivity contribution is 8.27. The van der Waals surface area contributed by atoms with E-state index in [1.54, 1.807) is 24.3 Å². The number of thioether (sulfide) groups is 1. The molecule has 0 N–H and O–H groups in total. The summed E-state index contributed by atoms with van der Waals surface area (Å²) in [4.78, 5) is 14.8. The van der Waals surface area contributed by atoms with E-state index in [1.165, 1.54) is 16.7 Å². The van der Waals surface area contributed by atoms with E-state index in [0.717, 1.165) is 16.8 Å². The summed E-state index contributed by atoms with van der Waals surface area (Å²) in [6, 6.07) is 17.1. The molecule has 1 amide bonds. The van der Waals surface area contributed by atoms with Gasteiger partial charge in [-0.3, -0.25) is 9.69 Å². The van der Waals surface area contributed by atoms with Gasteiger partial charge in [-0.15, -0.1) is 0 Å². The average Bonchev–Trinajstić information content (AvgIpc) is 2.83. The van der Waals surface area contributed by atoms with E-state index in [-0.39, 0.29) is 5.91 Å². The Morgan fingerprint density at radius 3 is 2.46 bits per heavy atom. The van der Waals surface area contributed by atoms with Gasteiger partial charge in [-0.2, -0.15) is 0 Å². The van der Waals surface area contributed by atoms with E-state index >= 15 is 0 Å². The number of carbonyl (C=O) groups is 1. The van der Waals surface area contributed by atoms with Gasteiger partial charge in [0.05, 0.1) is 10.6 Å². The maximum Gasteiger partial charge on any atom is 0.270 e. The first-order valence-electron chi connectivity index (χ1n) is 7.31. The molecule has 0 saturated carbocycles. The second kappa shape index (κ2) is 7.34. The summed E-state index contributed by atoms with van der Waals surface area (Å²) < 4.78 is 0.529. The summed E-state index contributed by atoms with van der Waals surface area (Å²) in [5, 5.41) is 0.626. The number of nitrogens with zero attached hydrogens (tertiary/aromatic N) is 1. The quantitative estimate of drug-likeness (QED) is 0.510. The molecule has 0 atom stereocenters. The fourth-order valence-corrected chi connectivity index (χ4v) is 3.82. The lowest BCUT2D eigenvalue weighted by atomic mass is 10.1. The van der Waals surface area contributed by atoms with Gasteiger partial charge in [-0.05, 0) is 48.4 Å². The van der Waals surface area contributed by atoms with Crippen molar-refractivity contribution in [2.24, 2.45) is 0 Å². The van der Waals surface area contributed by atoms with E-state index in [0.29, 0.717) is 14.2 Å². The number of benzene rings is 2. The topological polar surface area (TPSA) is 20.3 Å². The largest absolute Gasteiger partial charge is 0.270 e. The van der Waals surface area contributed by atoms with Crippen LogP contribution in [0.4, 0.5) is 5.69 Å². The van der Waals surface area contributed by atoms with Gasteiger partial charge in [0.25, 0.3) is 5.91 Å². The first-order chi connectivity index (χ1) is 11.5. The minimum Gasteiger partial charge on any atom is -0.268 e. The minimum atomic E-state index is -0.104. The Bertz CT molecular complexity index is 841. The minimum absolute atomic E-state index is 0.104. The van der Waals surface area contributed by atoms with Crippen molar-refractivity contribution < 1.29 is 4.79 Å². The molecule has 1 heterocycles. The second-order valence-electron chi connectivity index (χ2n) is 5.29. The Balaban J connectivity index is 1.85. The van der Waals surface area contributed by atoms with Crippen LogP contribution in [0, 0.1) is 0 Å². The zero-order chi connectivity index (χ0) is 17.1. The van der Waals surface area contributed by atoms with Crippen LogP contribution in [0.2, 0.25) is 5.02 Å². The maximum atomic E-state index is 12.7. The maximum absolute atomic E-state index is 12.7. The molecule has 120 valence electrons. The molecule has 0 spiro atoms. The second-order valence-corrected chi connectivity index (χ2v) is 7.40. The van der Waals surface area contributed by atoms with Crippen molar-refractivity contribution in [3.63, 3.8) is 0 Å². The van der Waals surface area contributed by atoms with Crippen LogP contribution < -0.4 is 4.90 Å². The van der Waals surface area contributed by atoms with Crippen molar-refractivity contribution in [3.8, 4) is 0 Å². The average molecular weight is 372 g/mol. The molecule has 5 heteroatoms. The molecule has 3 rings (SSSR count). The first-order valence-corrected chi connectivity index (χ1v) is 8.92. The highest BCUT2D eigenvalue weighted by atomic mass is 35.5. The molecule has 24 heavy (non-hydrogen) atoms. The Morgan fingerprint density at radius 2 is 1.79 bits per heavy atom. The van der Waals surface area contributed by atoms with Crippen LogP contribution in [0.3, 0.4) is 0 Å². The number of rotatable bonds is 3. The summed E-state index contributed by atoms with van der Waals surface area (Å²) >= 11 is 12.6. The summed E-state index contributed by atoms with van der Waals surface area (Å²) in [5.41, 5.74) is 2.83. The molecule has 2 aromatic carbocycles. The van der Waals surface area contributed by atoms with Gasteiger partial charge in [-0.25, -0.2) is 0 Å². The molecule has 2 aromatic rings. The van der Waals surface area contributed by atoms with Crippen molar-refractivity contribution in [3.05, 3.63) is 81.7 Å². The van der Waals surface area contributed by atoms with Gasteiger partial charge >= 0.3 is 0 Å². The number of carbonyl (C=O) groups excluding carboxylic acids is 1. The number of hydrogen-bond acceptors (Lipinski definition) is 3. The van der Waals surface area contributed by atoms with Gasteiger partial charge in [-0.1, -0.05) is 72.0 Å². The summed E-state index contributed by atoms with van der Waals surface area (Å²) in [6.07, 6.45) is 3.91. The molecular weight excluding hydrogens is 358 g/mol. The van der Waals surface area contributed by atoms with Gasteiger partial charge < -0.3 is 0 Å². The molecule has 0 radical (unpaired) electrons. The Morgan fingerprint density at radius 1 is 1.12 bits per heavy atom. The third-order valence-corrected chi connectivity index (χ3v) is 4.99. The van der Waals surface area contributed by atoms with Crippen LogP contribution in [0.15, 0.2) is 71.2 Å². The fraction of sp³-hybridized carbons (Fsp3) is 0.0526. The predicted molar refractivity (Wildman–Crippen MR) is 107 cm³/mol. The van der Waals surface area contributed by atoms with Crippen LogP contribution >= 0.6 is 35.6 Å². The van der Waals surface area contributed by atoms with Gasteiger partial charge in [0.15, 0.2) is 4.32 Å². The summed E-state index contributed by atoms with van der Waals surface area (Å²) in [5.74, 6) is -0.104. The zero-order valence-corrected chi connectivity index (χ0v) is 15.3. The molecule has 0 aliphatic carbocycles. The Labute approximate surface area is 155 Å². The van der Waals surface area contributed by atoms with Crippen molar-refractivity contribution in [1.82, 2.24) is 0 Å². The standard InChI is InChI=1S/C19H14ClNOS2/c1-13(11-14-5-3-2-4-6-14)12-17-18(22)21(19(23)24-17)16-9-7-15(20)8-10-16/h2-12H,1H3/b13-11-,17-12-. The smallest absolute Gasteiger partial charge is 0.268 e. The number of amides is 1. The molecule has 1 fully saturated rings. The van der Waals surface area contributed by atoms with Crippen molar-refractivity contribution in [2.45, 2.75) is 6.92 Å². The van der Waals surface area contributed by atoms with Crippen LogP contribution in [-0.2, 0) is 4.79 Å². The highest BCUT2D eigenvalue weighted by Gasteiger charge is 2.33. The lowest BCUT2D eigenvalue weighted by molar-refractivity contribution is -0.113. The summed E-state index contributed by atoms with van der Waals surface area (Å²) in [6.45, 7) is 1.97. The number of allylic oxidation sites excluding steroid dienone is 2. The number of anilines is 1. The summed E-state index contributed by atoms with van der Waals surface area (Å²) in [7, 11) is 0. The normalized spacial score (nSPS) is 17.0. The van der Waals surface area contributed by atoms with E-state index in [1.807, 2.05) is 49.4 Å². The molecular formula is C19H14ClNOS2. The van der Waals surface area contributed by atoms with E-state index in [9.17, 15) is 4.79 Å². The highest BCUT2D eigenvalue weighted by Crippen LogP contribution is 2.35. The van der Waals surface area contributed by atoms with E-state index in [2.05, 4.69) is 0 Å². The number of thiocarbonyl (C=S) groups is 1. The van der Waals surface area contributed by atoms with Gasteiger partial charge in [0.2, 0.25) is 0 Å². The molecule has 0 bridgehead atoms. The molecule has 1 aliphatic rings. The van der Waals surface area contributed by atoms with Gasteiger partial charge in [0, 0.05) is 5.02 Å². The zero-order valence-electron chi connectivity index (χ0n) is 12.9. The molecule has 1 saturated heterocycles. The van der Waals surface area contributed by atoms with Crippen molar-refractivity contribution in [1.29, 1.82) is 0 Å². The third kappa shape index (κ3) is 3.78. The Kier molecular flexibility index (Phi) is 5.19. The first kappa shape index (κ1) is 17.0. The van der Waals surface area contributed by atoms with Crippen molar-refractivity contribution >= 4 is 57.6 Å². The van der Waals surface area contributed by atoms with Crippen LogP contribution in [-0.4, -0.2) is 10.2 Å². The monoisotopic (exact) mass is 371 g/mol. The molecule has 1 aliphatic heterocycles. The van der Waals surface area contributed by atoms with E-state index in [4.69, 9.17) is 23.8 Å². The lowest BCUT2D eigenvalue weighted by Gasteiger charge is -2.14. The lowest BCUT2D eigenvalue weighted by Crippen LogP contribution is -2.27. The van der Waals surface area contributed by atoms with Crippen LogP contribution in [0.25, 0.3) is 6.08 Å². The third-order valence-electron chi connectivity index (χ3n) is 3.43. The van der Waals surface area contributed by atoms with Crippen LogP contribution in [0.1, 0.15) is 12.5 Å².